The molecule has 4 heteroatoms. The predicted molar refractivity (Wildman–Crippen MR) is 64.3 cm³/mol. The van der Waals surface area contributed by atoms with Crippen molar-refractivity contribution in [3.63, 3.8) is 0 Å². The van der Waals surface area contributed by atoms with Crippen molar-refractivity contribution in [2.45, 2.75) is 13.8 Å². The zero-order chi connectivity index (χ0) is 11.3. The number of aromatic nitrogens is 2. The van der Waals surface area contributed by atoms with E-state index in [-0.39, 0.29) is 0 Å². The molecule has 0 amide bonds. The summed E-state index contributed by atoms with van der Waals surface area (Å²) in [6.45, 7) is 8.81. The summed E-state index contributed by atoms with van der Waals surface area (Å²) in [5.74, 6) is 0. The topological polar surface area (TPSA) is 24.3 Å². The Morgan fingerprint density at radius 3 is 2.40 bits per heavy atom. The van der Waals surface area contributed by atoms with Gasteiger partial charge in [0.05, 0.1) is 11.9 Å². The van der Waals surface area contributed by atoms with Crippen LogP contribution >= 0.6 is 0 Å². The quantitative estimate of drug-likeness (QED) is 0.705. The molecule has 0 unspecified atom stereocenters. The van der Waals surface area contributed by atoms with Gasteiger partial charge in [-0.2, -0.15) is 5.10 Å². The van der Waals surface area contributed by atoms with E-state index in [4.69, 9.17) is 0 Å². The molecule has 4 nitrogen and oxygen atoms in total. The maximum absolute atomic E-state index is 4.17. The molecule has 0 radical (unpaired) electrons. The first-order valence-corrected chi connectivity index (χ1v) is 5.59. The average Bonchev–Trinajstić information content (AvgIpc) is 2.66. The van der Waals surface area contributed by atoms with Gasteiger partial charge in [0, 0.05) is 33.4 Å². The molecule has 0 N–H and O–H groups in total. The summed E-state index contributed by atoms with van der Waals surface area (Å²) in [4.78, 5) is 4.66. The van der Waals surface area contributed by atoms with Crippen molar-refractivity contribution in [1.29, 1.82) is 0 Å². The fourth-order valence-corrected chi connectivity index (χ4v) is 1.57. The number of rotatable bonds is 6. The number of hydrogen-bond acceptors (Lipinski definition) is 3. The minimum Gasteiger partial charge on any atom is -0.371 e. The highest BCUT2D eigenvalue weighted by atomic mass is 15.3. The number of likely N-dealkylation sites (N-methyl/N-ethyl adjacent to an activating group) is 2. The third-order valence-corrected chi connectivity index (χ3v) is 2.78. The molecule has 0 saturated heterocycles. The van der Waals surface area contributed by atoms with E-state index in [1.807, 2.05) is 24.1 Å². The highest BCUT2D eigenvalue weighted by Gasteiger charge is 2.05. The van der Waals surface area contributed by atoms with Gasteiger partial charge in [-0.15, -0.1) is 0 Å². The third kappa shape index (κ3) is 3.55. The van der Waals surface area contributed by atoms with Crippen LogP contribution in [0.5, 0.6) is 0 Å². The molecule has 0 bridgehead atoms. The van der Waals surface area contributed by atoms with Crippen LogP contribution in [0.4, 0.5) is 5.69 Å². The molecule has 0 atom stereocenters. The second-order valence-corrected chi connectivity index (χ2v) is 3.82. The molecule has 1 aromatic heterocycles. The van der Waals surface area contributed by atoms with Crippen molar-refractivity contribution in [3.8, 4) is 0 Å². The fourth-order valence-electron chi connectivity index (χ4n) is 1.57. The van der Waals surface area contributed by atoms with Crippen molar-refractivity contribution >= 4 is 5.69 Å². The van der Waals surface area contributed by atoms with E-state index in [0.717, 1.165) is 26.2 Å². The Morgan fingerprint density at radius 2 is 1.93 bits per heavy atom. The lowest BCUT2D eigenvalue weighted by atomic mass is 10.4. The van der Waals surface area contributed by atoms with Crippen LogP contribution in [0, 0.1) is 0 Å². The Morgan fingerprint density at radius 1 is 1.27 bits per heavy atom. The molecule has 15 heavy (non-hydrogen) atoms. The normalized spacial score (nSPS) is 11.0. The summed E-state index contributed by atoms with van der Waals surface area (Å²) in [5.41, 5.74) is 1.18. The van der Waals surface area contributed by atoms with E-state index in [0.29, 0.717) is 0 Å². The average molecular weight is 210 g/mol. The predicted octanol–water partition coefficient (Wildman–Crippen LogP) is 1.20. The zero-order valence-corrected chi connectivity index (χ0v) is 10.3. The van der Waals surface area contributed by atoms with Gasteiger partial charge in [0.25, 0.3) is 0 Å². The Bertz CT molecular complexity index is 278. The lowest BCUT2D eigenvalue weighted by Gasteiger charge is -2.23. The van der Waals surface area contributed by atoms with Crippen LogP contribution in [-0.2, 0) is 7.05 Å². The van der Waals surface area contributed by atoms with Gasteiger partial charge >= 0.3 is 0 Å². The van der Waals surface area contributed by atoms with Crippen LogP contribution in [0.15, 0.2) is 12.4 Å². The largest absolute Gasteiger partial charge is 0.371 e. The van der Waals surface area contributed by atoms with Gasteiger partial charge in [0.15, 0.2) is 0 Å². The Labute approximate surface area is 92.5 Å². The van der Waals surface area contributed by atoms with Crippen LogP contribution in [0.25, 0.3) is 0 Å². The molecule has 1 aromatic rings. The smallest absolute Gasteiger partial charge is 0.0750 e. The Hall–Kier alpha value is -1.03. The summed E-state index contributed by atoms with van der Waals surface area (Å²) in [6, 6.07) is 0. The van der Waals surface area contributed by atoms with Crippen LogP contribution in [0.1, 0.15) is 13.8 Å². The van der Waals surface area contributed by atoms with Crippen LogP contribution in [0.3, 0.4) is 0 Å². The van der Waals surface area contributed by atoms with Gasteiger partial charge in [-0.3, -0.25) is 4.68 Å². The van der Waals surface area contributed by atoms with Crippen LogP contribution < -0.4 is 4.90 Å². The van der Waals surface area contributed by atoms with Crippen LogP contribution in [-0.4, -0.2) is 47.9 Å². The van der Waals surface area contributed by atoms with Gasteiger partial charge in [-0.25, -0.2) is 0 Å². The lowest BCUT2D eigenvalue weighted by molar-refractivity contribution is 0.311. The summed E-state index contributed by atoms with van der Waals surface area (Å²) in [6.07, 6.45) is 3.95. The maximum Gasteiger partial charge on any atom is 0.0750 e. The summed E-state index contributed by atoms with van der Waals surface area (Å²) in [7, 11) is 4.06. The van der Waals surface area contributed by atoms with Gasteiger partial charge in [-0.05, 0) is 13.1 Å². The minimum absolute atomic E-state index is 1.05. The van der Waals surface area contributed by atoms with Crippen molar-refractivity contribution in [1.82, 2.24) is 14.7 Å². The second-order valence-electron chi connectivity index (χ2n) is 3.82. The first-order valence-electron chi connectivity index (χ1n) is 5.59. The van der Waals surface area contributed by atoms with E-state index in [1.165, 1.54) is 5.69 Å². The number of anilines is 1. The SMILES string of the molecule is CCN(CC)CCN(C)c1cnn(C)c1. The van der Waals surface area contributed by atoms with Gasteiger partial charge in [0.2, 0.25) is 0 Å². The van der Waals surface area contributed by atoms with Gasteiger partial charge < -0.3 is 9.80 Å². The highest BCUT2D eigenvalue weighted by molar-refractivity contribution is 5.40. The second kappa shape index (κ2) is 5.75. The summed E-state index contributed by atoms with van der Waals surface area (Å²) >= 11 is 0. The van der Waals surface area contributed by atoms with E-state index in [2.05, 4.69) is 35.8 Å². The van der Waals surface area contributed by atoms with Crippen molar-refractivity contribution in [3.05, 3.63) is 12.4 Å². The van der Waals surface area contributed by atoms with Gasteiger partial charge in [0.1, 0.15) is 0 Å². The number of aryl methyl sites for hydroxylation is 1. The van der Waals surface area contributed by atoms with Gasteiger partial charge in [-0.1, -0.05) is 13.8 Å². The molecule has 1 heterocycles. The standard InChI is InChI=1S/C11H22N4/c1-5-15(6-2)8-7-13(3)11-9-12-14(4)10-11/h9-10H,5-8H2,1-4H3. The van der Waals surface area contributed by atoms with E-state index >= 15 is 0 Å². The molecule has 0 aliphatic heterocycles. The van der Waals surface area contributed by atoms with E-state index in [9.17, 15) is 0 Å². The monoisotopic (exact) mass is 210 g/mol. The molecule has 0 spiro atoms. The first kappa shape index (κ1) is 12.0. The van der Waals surface area contributed by atoms with Crippen molar-refractivity contribution < 1.29 is 0 Å². The van der Waals surface area contributed by atoms with E-state index < -0.39 is 0 Å². The summed E-state index contributed by atoms with van der Waals surface area (Å²) < 4.78 is 1.84. The number of hydrogen-bond donors (Lipinski definition) is 0. The molecular formula is C11H22N4. The van der Waals surface area contributed by atoms with Crippen molar-refractivity contribution in [2.24, 2.45) is 7.05 Å². The van der Waals surface area contributed by atoms with Crippen LogP contribution in [0.2, 0.25) is 0 Å². The summed E-state index contributed by atoms with van der Waals surface area (Å²) in [5, 5.41) is 4.17. The molecule has 86 valence electrons. The fraction of sp³-hybridized carbons (Fsp3) is 0.727. The molecule has 0 aromatic carbocycles. The molecular weight excluding hydrogens is 188 g/mol. The molecule has 0 aliphatic rings. The highest BCUT2D eigenvalue weighted by Crippen LogP contribution is 2.09. The molecule has 0 aliphatic carbocycles. The van der Waals surface area contributed by atoms with E-state index in [1.54, 1.807) is 0 Å². The molecule has 1 rings (SSSR count). The number of nitrogens with zero attached hydrogens (tertiary/aromatic N) is 4. The first-order chi connectivity index (χ1) is 7.17. The minimum atomic E-state index is 1.05. The molecule has 0 fully saturated rings. The maximum atomic E-state index is 4.17. The lowest BCUT2D eigenvalue weighted by Crippen LogP contribution is -2.32. The van der Waals surface area contributed by atoms with Crippen molar-refractivity contribution in [2.75, 3.05) is 38.1 Å². The Balaban J connectivity index is 2.39. The zero-order valence-electron chi connectivity index (χ0n) is 10.3. The molecule has 0 saturated carbocycles. The Kier molecular flexibility index (Phi) is 4.62. The third-order valence-electron chi connectivity index (χ3n) is 2.78.